The molecule has 1 aromatic rings. The molecule has 1 aromatic carbocycles. The van der Waals surface area contributed by atoms with Gasteiger partial charge in [0, 0.05) is 24.7 Å². The number of nitrogens with one attached hydrogen (secondary N) is 1. The van der Waals surface area contributed by atoms with Crippen molar-refractivity contribution in [2.75, 3.05) is 26.2 Å². The van der Waals surface area contributed by atoms with Crippen molar-refractivity contribution >= 4 is 17.6 Å². The number of urea groups is 1. The lowest BCUT2D eigenvalue weighted by Crippen LogP contribution is -2.50. The molecular weight excluding hydrogens is 304 g/mol. The normalized spacial score (nSPS) is 21.7. The van der Waals surface area contributed by atoms with Gasteiger partial charge in [0.1, 0.15) is 0 Å². The van der Waals surface area contributed by atoms with Gasteiger partial charge in [0.2, 0.25) is 0 Å². The van der Waals surface area contributed by atoms with Crippen molar-refractivity contribution in [1.29, 1.82) is 0 Å². The molecule has 0 aliphatic carbocycles. The summed E-state index contributed by atoms with van der Waals surface area (Å²) in [5, 5.41) is 13.3. The third-order valence-electron chi connectivity index (χ3n) is 3.91. The van der Waals surface area contributed by atoms with E-state index in [1.54, 1.807) is 4.90 Å². The number of hydrogen-bond donors (Lipinski definition) is 2. The van der Waals surface area contributed by atoms with Crippen LogP contribution in [0.5, 0.6) is 0 Å². The molecule has 1 heterocycles. The van der Waals surface area contributed by atoms with Crippen LogP contribution < -0.4 is 5.32 Å². The van der Waals surface area contributed by atoms with E-state index in [4.69, 9.17) is 16.3 Å². The monoisotopic (exact) mass is 326 g/mol. The Labute approximate surface area is 136 Å². The number of piperidine rings is 1. The van der Waals surface area contributed by atoms with Crippen LogP contribution in [0.1, 0.15) is 18.9 Å². The maximum absolute atomic E-state index is 12.0. The lowest BCUT2D eigenvalue weighted by atomic mass is 9.96. The standard InChI is InChI=1S/C16H23ClN2O3/c1-12-6-8-19(10-15(12)20)16(21)18-7-9-22-11-13-2-4-14(17)5-3-13/h2-5,12,15,20H,6-11H2,1H3,(H,18,21). The minimum absolute atomic E-state index is 0.138. The van der Waals surface area contributed by atoms with Gasteiger partial charge < -0.3 is 20.1 Å². The van der Waals surface area contributed by atoms with Crippen molar-refractivity contribution in [3.8, 4) is 0 Å². The molecule has 122 valence electrons. The number of amides is 2. The zero-order valence-corrected chi connectivity index (χ0v) is 13.6. The molecule has 1 fully saturated rings. The van der Waals surface area contributed by atoms with E-state index in [2.05, 4.69) is 5.32 Å². The van der Waals surface area contributed by atoms with Gasteiger partial charge >= 0.3 is 6.03 Å². The summed E-state index contributed by atoms with van der Waals surface area (Å²) in [6.07, 6.45) is 0.405. The number of rotatable bonds is 5. The molecule has 0 bridgehead atoms. The number of ether oxygens (including phenoxy) is 1. The minimum Gasteiger partial charge on any atom is -0.391 e. The highest BCUT2D eigenvalue weighted by atomic mass is 35.5. The molecule has 1 saturated heterocycles. The first kappa shape index (κ1) is 17.1. The molecule has 0 saturated carbocycles. The number of carbonyl (C=O) groups is 1. The van der Waals surface area contributed by atoms with Crippen LogP contribution in [-0.2, 0) is 11.3 Å². The van der Waals surface area contributed by atoms with Crippen LogP contribution in [0, 0.1) is 5.92 Å². The molecular formula is C16H23ClN2O3. The Bertz CT molecular complexity index is 481. The molecule has 1 aliphatic rings. The van der Waals surface area contributed by atoms with Crippen molar-refractivity contribution in [1.82, 2.24) is 10.2 Å². The molecule has 2 unspecified atom stereocenters. The Morgan fingerprint density at radius 2 is 2.18 bits per heavy atom. The Hall–Kier alpha value is -1.30. The second kappa shape index (κ2) is 8.36. The summed E-state index contributed by atoms with van der Waals surface area (Å²) in [7, 11) is 0. The van der Waals surface area contributed by atoms with Gasteiger partial charge in [-0.25, -0.2) is 4.79 Å². The maximum Gasteiger partial charge on any atom is 0.317 e. The Morgan fingerprint density at radius 3 is 2.86 bits per heavy atom. The first-order chi connectivity index (χ1) is 10.6. The number of hydrogen-bond acceptors (Lipinski definition) is 3. The summed E-state index contributed by atoms with van der Waals surface area (Å²) in [6, 6.07) is 7.34. The first-order valence-corrected chi connectivity index (χ1v) is 7.97. The SMILES string of the molecule is CC1CCN(C(=O)NCCOCc2ccc(Cl)cc2)CC1O. The second-order valence-electron chi connectivity index (χ2n) is 5.69. The highest BCUT2D eigenvalue weighted by molar-refractivity contribution is 6.30. The van der Waals surface area contributed by atoms with Gasteiger partial charge in [0.15, 0.2) is 0 Å². The van der Waals surface area contributed by atoms with Crippen LogP contribution in [0.4, 0.5) is 4.79 Å². The second-order valence-corrected chi connectivity index (χ2v) is 6.13. The summed E-state index contributed by atoms with van der Waals surface area (Å²) >= 11 is 5.81. The fraction of sp³-hybridized carbons (Fsp3) is 0.562. The lowest BCUT2D eigenvalue weighted by molar-refractivity contribution is 0.0428. The smallest absolute Gasteiger partial charge is 0.317 e. The number of benzene rings is 1. The Kier molecular flexibility index (Phi) is 6.49. The van der Waals surface area contributed by atoms with E-state index in [1.165, 1.54) is 0 Å². The molecule has 0 radical (unpaired) electrons. The van der Waals surface area contributed by atoms with Crippen LogP contribution in [0.3, 0.4) is 0 Å². The molecule has 5 nitrogen and oxygen atoms in total. The van der Waals surface area contributed by atoms with Gasteiger partial charge in [-0.3, -0.25) is 0 Å². The number of halogens is 1. The first-order valence-electron chi connectivity index (χ1n) is 7.59. The molecule has 1 aliphatic heterocycles. The number of likely N-dealkylation sites (tertiary alicyclic amines) is 1. The fourth-order valence-electron chi connectivity index (χ4n) is 2.35. The molecule has 2 rings (SSSR count). The third-order valence-corrected chi connectivity index (χ3v) is 4.16. The predicted molar refractivity (Wildman–Crippen MR) is 85.9 cm³/mol. The van der Waals surface area contributed by atoms with Crippen molar-refractivity contribution in [2.24, 2.45) is 5.92 Å². The van der Waals surface area contributed by atoms with Crippen molar-refractivity contribution in [2.45, 2.75) is 26.1 Å². The van der Waals surface area contributed by atoms with E-state index in [-0.39, 0.29) is 11.9 Å². The summed E-state index contributed by atoms with van der Waals surface area (Å²) in [5.74, 6) is 0.256. The van der Waals surface area contributed by atoms with Gasteiger partial charge in [-0.15, -0.1) is 0 Å². The van der Waals surface area contributed by atoms with Crippen molar-refractivity contribution in [3.63, 3.8) is 0 Å². The minimum atomic E-state index is -0.430. The Balaban J connectivity index is 1.60. The van der Waals surface area contributed by atoms with Gasteiger partial charge in [0.25, 0.3) is 0 Å². The quantitative estimate of drug-likeness (QED) is 0.816. The van der Waals surface area contributed by atoms with Crippen LogP contribution in [0.2, 0.25) is 5.02 Å². The molecule has 22 heavy (non-hydrogen) atoms. The van der Waals surface area contributed by atoms with Crippen molar-refractivity contribution < 1.29 is 14.6 Å². The molecule has 0 aromatic heterocycles. The summed E-state index contributed by atoms with van der Waals surface area (Å²) in [4.78, 5) is 13.6. The Morgan fingerprint density at radius 1 is 1.45 bits per heavy atom. The van der Waals surface area contributed by atoms with Crippen LogP contribution >= 0.6 is 11.6 Å². The topological polar surface area (TPSA) is 61.8 Å². The maximum atomic E-state index is 12.0. The third kappa shape index (κ3) is 5.16. The van der Waals surface area contributed by atoms with E-state index >= 15 is 0 Å². The van der Waals surface area contributed by atoms with Crippen LogP contribution in [0.25, 0.3) is 0 Å². The predicted octanol–water partition coefficient (Wildman–Crippen LogP) is 2.27. The molecule has 2 atom stereocenters. The lowest BCUT2D eigenvalue weighted by Gasteiger charge is -2.34. The van der Waals surface area contributed by atoms with E-state index < -0.39 is 6.10 Å². The van der Waals surface area contributed by atoms with Gasteiger partial charge in [-0.05, 0) is 30.0 Å². The van der Waals surface area contributed by atoms with E-state index in [0.717, 1.165) is 12.0 Å². The molecule has 2 amide bonds. The van der Waals surface area contributed by atoms with Crippen LogP contribution in [-0.4, -0.2) is 48.4 Å². The van der Waals surface area contributed by atoms with E-state index in [0.29, 0.717) is 37.9 Å². The number of aliphatic hydroxyl groups is 1. The average molecular weight is 327 g/mol. The average Bonchev–Trinajstić information content (AvgIpc) is 2.51. The zero-order valence-electron chi connectivity index (χ0n) is 12.8. The highest BCUT2D eigenvalue weighted by Crippen LogP contribution is 2.16. The van der Waals surface area contributed by atoms with E-state index in [9.17, 15) is 9.90 Å². The summed E-state index contributed by atoms with van der Waals surface area (Å²) in [5.41, 5.74) is 1.05. The largest absolute Gasteiger partial charge is 0.391 e. The van der Waals surface area contributed by atoms with Gasteiger partial charge in [0.05, 0.1) is 19.3 Å². The summed E-state index contributed by atoms with van der Waals surface area (Å²) < 4.78 is 5.51. The molecule has 0 spiro atoms. The highest BCUT2D eigenvalue weighted by Gasteiger charge is 2.26. The molecule has 6 heteroatoms. The number of aliphatic hydroxyl groups excluding tert-OH is 1. The molecule has 2 N–H and O–H groups in total. The zero-order chi connectivity index (χ0) is 15.9. The van der Waals surface area contributed by atoms with Gasteiger partial charge in [-0.2, -0.15) is 0 Å². The number of carbonyl (C=O) groups excluding carboxylic acids is 1. The van der Waals surface area contributed by atoms with Crippen molar-refractivity contribution in [3.05, 3.63) is 34.9 Å². The van der Waals surface area contributed by atoms with E-state index in [1.807, 2.05) is 31.2 Å². The van der Waals surface area contributed by atoms with Crippen LogP contribution in [0.15, 0.2) is 24.3 Å². The summed E-state index contributed by atoms with van der Waals surface area (Å²) in [6.45, 7) is 4.49. The number of nitrogens with zero attached hydrogens (tertiary/aromatic N) is 1. The van der Waals surface area contributed by atoms with Gasteiger partial charge in [-0.1, -0.05) is 30.7 Å². The fourth-order valence-corrected chi connectivity index (χ4v) is 2.47. The number of β-amino-alcohol motifs (C(OH)–C–C–N with tert-alkyl or cyclic N) is 1.